The number of aliphatic hydroxyl groups excluding tert-OH is 1. The summed E-state index contributed by atoms with van der Waals surface area (Å²) < 4.78 is 5.51. The molecule has 2 atom stereocenters. The molecule has 1 unspecified atom stereocenters. The predicted octanol–water partition coefficient (Wildman–Crippen LogP) is 2.69. The summed E-state index contributed by atoms with van der Waals surface area (Å²) in [6, 6.07) is 5.02. The number of ether oxygens (including phenoxy) is 1. The van der Waals surface area contributed by atoms with E-state index in [0.29, 0.717) is 22.9 Å². The third kappa shape index (κ3) is 4.73. The van der Waals surface area contributed by atoms with Crippen LogP contribution in [0.25, 0.3) is 0 Å². The molecular weight excluding hydrogens is 266 g/mol. The second kappa shape index (κ2) is 7.36. The summed E-state index contributed by atoms with van der Waals surface area (Å²) in [7, 11) is 0. The van der Waals surface area contributed by atoms with Crippen LogP contribution in [0.5, 0.6) is 5.75 Å². The fraction of sp³-hybridized carbons (Fsp3) is 0.500. The van der Waals surface area contributed by atoms with E-state index in [9.17, 15) is 9.90 Å². The highest BCUT2D eigenvalue weighted by atomic mass is 35.5. The molecule has 0 bridgehead atoms. The first kappa shape index (κ1) is 15.8. The zero-order valence-corrected chi connectivity index (χ0v) is 12.2. The molecule has 0 radical (unpaired) electrons. The molecule has 0 heterocycles. The van der Waals surface area contributed by atoms with Crippen molar-refractivity contribution in [1.29, 1.82) is 0 Å². The van der Waals surface area contributed by atoms with Crippen molar-refractivity contribution in [2.24, 2.45) is 0 Å². The fourth-order valence-corrected chi connectivity index (χ4v) is 1.74. The number of halogens is 1. The van der Waals surface area contributed by atoms with Crippen molar-refractivity contribution in [3.63, 3.8) is 0 Å². The SMILES string of the molecule is CCCNC(=O)C(C)Oc1ccc([C@@H](C)O)cc1Cl. The molecule has 0 saturated carbocycles. The molecule has 2 N–H and O–H groups in total. The topological polar surface area (TPSA) is 58.6 Å². The van der Waals surface area contributed by atoms with E-state index in [-0.39, 0.29) is 5.91 Å². The highest BCUT2D eigenvalue weighted by molar-refractivity contribution is 6.32. The van der Waals surface area contributed by atoms with Gasteiger partial charge in [-0.15, -0.1) is 0 Å². The number of benzene rings is 1. The van der Waals surface area contributed by atoms with Crippen molar-refractivity contribution in [1.82, 2.24) is 5.32 Å². The van der Waals surface area contributed by atoms with Crippen LogP contribution in [0, 0.1) is 0 Å². The van der Waals surface area contributed by atoms with E-state index in [0.717, 1.165) is 6.42 Å². The lowest BCUT2D eigenvalue weighted by Crippen LogP contribution is -2.36. The second-order valence-electron chi connectivity index (χ2n) is 4.42. The van der Waals surface area contributed by atoms with Gasteiger partial charge in [-0.25, -0.2) is 0 Å². The summed E-state index contributed by atoms with van der Waals surface area (Å²) in [6.45, 7) is 5.94. The monoisotopic (exact) mass is 285 g/mol. The van der Waals surface area contributed by atoms with E-state index >= 15 is 0 Å². The predicted molar refractivity (Wildman–Crippen MR) is 75.5 cm³/mol. The number of carbonyl (C=O) groups excluding carboxylic acids is 1. The maximum atomic E-state index is 11.7. The van der Waals surface area contributed by atoms with E-state index in [4.69, 9.17) is 16.3 Å². The van der Waals surface area contributed by atoms with E-state index in [1.54, 1.807) is 32.0 Å². The third-order valence-corrected chi connectivity index (χ3v) is 2.96. The van der Waals surface area contributed by atoms with Gasteiger partial charge >= 0.3 is 0 Å². The number of carbonyl (C=O) groups is 1. The average molecular weight is 286 g/mol. The first-order valence-corrected chi connectivity index (χ1v) is 6.75. The molecule has 106 valence electrons. The van der Waals surface area contributed by atoms with Crippen molar-refractivity contribution >= 4 is 17.5 Å². The maximum absolute atomic E-state index is 11.7. The summed E-state index contributed by atoms with van der Waals surface area (Å²) in [5.74, 6) is 0.266. The summed E-state index contributed by atoms with van der Waals surface area (Å²) in [6.07, 6.45) is -0.319. The number of amides is 1. The number of nitrogens with one attached hydrogen (secondary N) is 1. The number of hydrogen-bond donors (Lipinski definition) is 2. The van der Waals surface area contributed by atoms with E-state index < -0.39 is 12.2 Å². The maximum Gasteiger partial charge on any atom is 0.260 e. The molecule has 0 aromatic heterocycles. The van der Waals surface area contributed by atoms with Crippen LogP contribution < -0.4 is 10.1 Å². The van der Waals surface area contributed by atoms with Gasteiger partial charge in [-0.3, -0.25) is 4.79 Å². The molecule has 0 fully saturated rings. The molecule has 0 saturated heterocycles. The molecule has 1 rings (SSSR count). The molecular formula is C14H20ClNO3. The zero-order valence-electron chi connectivity index (χ0n) is 11.4. The molecule has 0 aliphatic heterocycles. The van der Waals surface area contributed by atoms with Gasteiger partial charge in [0.25, 0.3) is 5.91 Å². The smallest absolute Gasteiger partial charge is 0.260 e. The summed E-state index contributed by atoms with van der Waals surface area (Å²) in [5, 5.41) is 12.6. The van der Waals surface area contributed by atoms with Crippen LogP contribution in [0.1, 0.15) is 38.9 Å². The van der Waals surface area contributed by atoms with Crippen LogP contribution in [0.3, 0.4) is 0 Å². The van der Waals surface area contributed by atoms with Crippen molar-refractivity contribution < 1.29 is 14.6 Å². The molecule has 1 aromatic rings. The molecule has 1 aromatic carbocycles. The van der Waals surface area contributed by atoms with E-state index in [1.165, 1.54) is 0 Å². The second-order valence-corrected chi connectivity index (χ2v) is 4.82. The van der Waals surface area contributed by atoms with Gasteiger partial charge in [-0.2, -0.15) is 0 Å². The van der Waals surface area contributed by atoms with Gasteiger partial charge in [0, 0.05) is 6.54 Å². The summed E-state index contributed by atoms with van der Waals surface area (Å²) in [4.78, 5) is 11.7. The van der Waals surface area contributed by atoms with Gasteiger partial charge in [0.1, 0.15) is 5.75 Å². The van der Waals surface area contributed by atoms with Crippen LogP contribution in [0.15, 0.2) is 18.2 Å². The molecule has 5 heteroatoms. The molecule has 19 heavy (non-hydrogen) atoms. The quantitative estimate of drug-likeness (QED) is 0.845. The third-order valence-electron chi connectivity index (χ3n) is 2.66. The van der Waals surface area contributed by atoms with Gasteiger partial charge in [0.15, 0.2) is 6.10 Å². The van der Waals surface area contributed by atoms with Crippen molar-refractivity contribution in [2.45, 2.75) is 39.4 Å². The van der Waals surface area contributed by atoms with Crippen LogP contribution in [-0.4, -0.2) is 23.7 Å². The van der Waals surface area contributed by atoms with Gasteiger partial charge in [-0.1, -0.05) is 24.6 Å². The Balaban J connectivity index is 2.69. The number of aliphatic hydroxyl groups is 1. The van der Waals surface area contributed by atoms with Crippen molar-refractivity contribution in [3.8, 4) is 5.75 Å². The van der Waals surface area contributed by atoms with E-state index in [1.807, 2.05) is 6.92 Å². The first-order chi connectivity index (χ1) is 8.95. The Hall–Kier alpha value is -1.26. The minimum atomic E-state index is -0.610. The standard InChI is InChI=1S/C14H20ClNO3/c1-4-7-16-14(18)10(3)19-13-6-5-11(9(2)17)8-12(13)15/h5-6,8-10,17H,4,7H2,1-3H3,(H,16,18)/t9-,10?/m1/s1. The minimum Gasteiger partial charge on any atom is -0.479 e. The number of hydrogen-bond acceptors (Lipinski definition) is 3. The number of rotatable bonds is 6. The Morgan fingerprint density at radius 3 is 2.68 bits per heavy atom. The van der Waals surface area contributed by atoms with E-state index in [2.05, 4.69) is 5.32 Å². The fourth-order valence-electron chi connectivity index (χ4n) is 1.51. The molecule has 0 aliphatic rings. The molecule has 0 spiro atoms. The van der Waals surface area contributed by atoms with Gasteiger partial charge in [0.05, 0.1) is 11.1 Å². The minimum absolute atomic E-state index is 0.169. The summed E-state index contributed by atoms with van der Waals surface area (Å²) in [5.41, 5.74) is 0.709. The van der Waals surface area contributed by atoms with Crippen molar-refractivity contribution in [2.75, 3.05) is 6.54 Å². The van der Waals surface area contributed by atoms with Crippen LogP contribution >= 0.6 is 11.6 Å². The van der Waals surface area contributed by atoms with Crippen LogP contribution in [0.2, 0.25) is 5.02 Å². The largest absolute Gasteiger partial charge is 0.479 e. The van der Waals surface area contributed by atoms with Gasteiger partial charge in [0.2, 0.25) is 0 Å². The highest BCUT2D eigenvalue weighted by Gasteiger charge is 2.16. The summed E-state index contributed by atoms with van der Waals surface area (Å²) >= 11 is 6.06. The van der Waals surface area contributed by atoms with Crippen LogP contribution in [0.4, 0.5) is 0 Å². The normalized spacial score (nSPS) is 13.7. The Kier molecular flexibility index (Phi) is 6.12. The lowest BCUT2D eigenvalue weighted by atomic mass is 10.1. The van der Waals surface area contributed by atoms with Gasteiger partial charge in [-0.05, 0) is 38.0 Å². The van der Waals surface area contributed by atoms with Crippen LogP contribution in [-0.2, 0) is 4.79 Å². The lowest BCUT2D eigenvalue weighted by Gasteiger charge is -2.16. The molecule has 0 aliphatic carbocycles. The molecule has 4 nitrogen and oxygen atoms in total. The lowest BCUT2D eigenvalue weighted by molar-refractivity contribution is -0.127. The Morgan fingerprint density at radius 2 is 2.16 bits per heavy atom. The Morgan fingerprint density at radius 1 is 1.47 bits per heavy atom. The zero-order chi connectivity index (χ0) is 14.4. The van der Waals surface area contributed by atoms with Crippen molar-refractivity contribution in [3.05, 3.63) is 28.8 Å². The Bertz CT molecular complexity index is 435. The average Bonchev–Trinajstić information content (AvgIpc) is 2.37. The Labute approximate surface area is 118 Å². The first-order valence-electron chi connectivity index (χ1n) is 6.37. The molecule has 1 amide bonds. The highest BCUT2D eigenvalue weighted by Crippen LogP contribution is 2.28. The van der Waals surface area contributed by atoms with Gasteiger partial charge < -0.3 is 15.2 Å².